The summed E-state index contributed by atoms with van der Waals surface area (Å²) < 4.78 is 46.5. The Bertz CT molecular complexity index is 1150. The molecule has 0 bridgehead atoms. The van der Waals surface area contributed by atoms with Gasteiger partial charge in [-0.1, -0.05) is 61.7 Å². The van der Waals surface area contributed by atoms with Gasteiger partial charge in [0.2, 0.25) is 0 Å². The molecule has 1 saturated heterocycles. The minimum Gasteiger partial charge on any atom is -0.450 e. The van der Waals surface area contributed by atoms with Gasteiger partial charge in [-0.3, -0.25) is 4.90 Å². The molecule has 1 heterocycles. The largest absolute Gasteiger partial charge is 0.506 e. The Morgan fingerprint density at radius 1 is 1.08 bits per heavy atom. The summed E-state index contributed by atoms with van der Waals surface area (Å²) in [6, 6.07) is 10.6. The summed E-state index contributed by atoms with van der Waals surface area (Å²) in [4.78, 5) is 18.3. The second kappa shape index (κ2) is 12.2. The molecule has 2 aliphatic rings. The Morgan fingerprint density at radius 2 is 1.82 bits per heavy atom. The van der Waals surface area contributed by atoms with Crippen molar-refractivity contribution >= 4 is 11.9 Å². The molecular weight excluding hydrogens is 497 g/mol. The number of hydrogen-bond donors (Lipinski definition) is 1. The van der Waals surface area contributed by atoms with Gasteiger partial charge in [-0.15, -0.1) is 0 Å². The zero-order chi connectivity index (χ0) is 27.3. The van der Waals surface area contributed by atoms with Crippen LogP contribution in [0.15, 0.2) is 41.6 Å². The van der Waals surface area contributed by atoms with Crippen molar-refractivity contribution < 1.29 is 32.6 Å². The van der Waals surface area contributed by atoms with Crippen LogP contribution in [-0.4, -0.2) is 41.1 Å². The number of aryl methyl sites for hydroxylation is 1. The number of likely N-dealkylation sites (tertiary alicyclic amines) is 1. The molecule has 0 unspecified atom stereocenters. The van der Waals surface area contributed by atoms with E-state index in [4.69, 9.17) is 14.7 Å². The normalized spacial score (nSPS) is 17.8. The summed E-state index contributed by atoms with van der Waals surface area (Å²) in [7, 11) is 0. The standard InChI is InChI=1S/C29H35F3N2O4/c1-3-21-13-20(9-10-24(21)15-34-16-25(17-34)38-28(35)36)18-37-33-19(2)23-11-12-26(22-7-5-4-6-8-22)27(14-23)29(30,31)32/h9-14,22,25H,3-8,15-18H2,1-2H3,(H,35,36). The lowest BCUT2D eigenvalue weighted by atomic mass is 9.81. The van der Waals surface area contributed by atoms with Crippen molar-refractivity contribution in [1.29, 1.82) is 0 Å². The van der Waals surface area contributed by atoms with E-state index in [2.05, 4.69) is 17.0 Å². The smallest absolute Gasteiger partial charge is 0.450 e. The first-order chi connectivity index (χ1) is 18.1. The third-order valence-corrected chi connectivity index (χ3v) is 7.49. The highest BCUT2D eigenvalue weighted by molar-refractivity contribution is 5.98. The molecule has 1 aliphatic heterocycles. The Labute approximate surface area is 221 Å². The molecule has 1 aliphatic carbocycles. The van der Waals surface area contributed by atoms with E-state index >= 15 is 0 Å². The monoisotopic (exact) mass is 532 g/mol. The molecule has 6 nitrogen and oxygen atoms in total. The van der Waals surface area contributed by atoms with Crippen molar-refractivity contribution in [2.24, 2.45) is 5.16 Å². The SMILES string of the molecule is CCc1cc(CON=C(C)c2ccc(C3CCCCC3)c(C(F)(F)F)c2)ccc1CN1CC(OC(=O)O)C1. The summed E-state index contributed by atoms with van der Waals surface area (Å²) in [5, 5.41) is 12.8. The van der Waals surface area contributed by atoms with Crippen molar-refractivity contribution in [3.63, 3.8) is 0 Å². The fraction of sp³-hybridized carbons (Fsp3) is 0.517. The van der Waals surface area contributed by atoms with Crippen LogP contribution < -0.4 is 0 Å². The van der Waals surface area contributed by atoms with Gasteiger partial charge in [0, 0.05) is 19.6 Å². The van der Waals surface area contributed by atoms with Gasteiger partial charge >= 0.3 is 12.3 Å². The lowest BCUT2D eigenvalue weighted by Gasteiger charge is -2.38. The number of oxime groups is 1. The molecule has 2 aromatic carbocycles. The Kier molecular flexibility index (Phi) is 8.97. The quantitative estimate of drug-likeness (QED) is 0.211. The Morgan fingerprint density at radius 3 is 2.47 bits per heavy atom. The number of ether oxygens (including phenoxy) is 1. The average molecular weight is 533 g/mol. The van der Waals surface area contributed by atoms with Crippen molar-refractivity contribution in [3.05, 3.63) is 69.8 Å². The maximum atomic E-state index is 13.9. The first-order valence-corrected chi connectivity index (χ1v) is 13.2. The van der Waals surface area contributed by atoms with Crippen molar-refractivity contribution in [2.75, 3.05) is 13.1 Å². The number of rotatable bonds is 9. The van der Waals surface area contributed by atoms with Crippen LogP contribution in [0, 0.1) is 0 Å². The number of nitrogens with zero attached hydrogens (tertiary/aromatic N) is 2. The number of carboxylic acid groups (broad SMARTS) is 1. The van der Waals surface area contributed by atoms with Gasteiger partial charge in [0.05, 0.1) is 11.3 Å². The van der Waals surface area contributed by atoms with Crippen LogP contribution in [0.3, 0.4) is 0 Å². The third kappa shape index (κ3) is 7.07. The van der Waals surface area contributed by atoms with Crippen LogP contribution in [0.25, 0.3) is 0 Å². The number of halogens is 3. The molecule has 2 aromatic rings. The fourth-order valence-electron chi connectivity index (χ4n) is 5.41. The lowest BCUT2D eigenvalue weighted by molar-refractivity contribution is -0.138. The molecule has 206 valence electrons. The van der Waals surface area contributed by atoms with Crippen LogP contribution in [0.1, 0.15) is 85.3 Å². The maximum absolute atomic E-state index is 13.9. The van der Waals surface area contributed by atoms with E-state index in [0.717, 1.165) is 55.2 Å². The van der Waals surface area contributed by atoms with Crippen LogP contribution in [0.5, 0.6) is 0 Å². The highest BCUT2D eigenvalue weighted by Crippen LogP contribution is 2.41. The van der Waals surface area contributed by atoms with E-state index in [9.17, 15) is 18.0 Å². The first kappa shape index (κ1) is 28.0. The van der Waals surface area contributed by atoms with Gasteiger partial charge in [0.15, 0.2) is 0 Å². The summed E-state index contributed by atoms with van der Waals surface area (Å²) in [6.07, 6.45) is -0.484. The zero-order valence-corrected chi connectivity index (χ0v) is 21.9. The highest BCUT2D eigenvalue weighted by atomic mass is 19.4. The van der Waals surface area contributed by atoms with E-state index in [1.807, 2.05) is 18.2 Å². The maximum Gasteiger partial charge on any atom is 0.506 e. The number of benzene rings is 2. The number of alkyl halides is 3. The second-order valence-electron chi connectivity index (χ2n) is 10.2. The molecule has 0 atom stereocenters. The molecule has 0 amide bonds. The van der Waals surface area contributed by atoms with E-state index in [1.54, 1.807) is 19.1 Å². The summed E-state index contributed by atoms with van der Waals surface area (Å²) in [5.41, 5.74) is 3.86. The van der Waals surface area contributed by atoms with Crippen LogP contribution in [0.2, 0.25) is 0 Å². The van der Waals surface area contributed by atoms with Crippen molar-refractivity contribution in [1.82, 2.24) is 4.90 Å². The Hall–Kier alpha value is -3.07. The predicted molar refractivity (Wildman–Crippen MR) is 138 cm³/mol. The molecule has 2 fully saturated rings. The van der Waals surface area contributed by atoms with E-state index < -0.39 is 17.9 Å². The minimum absolute atomic E-state index is 0.0424. The van der Waals surface area contributed by atoms with E-state index in [-0.39, 0.29) is 18.6 Å². The molecular formula is C29H35F3N2O4. The van der Waals surface area contributed by atoms with Crippen LogP contribution in [-0.2, 0) is 35.3 Å². The van der Waals surface area contributed by atoms with Crippen molar-refractivity contribution in [3.8, 4) is 0 Å². The van der Waals surface area contributed by atoms with Gasteiger partial charge in [-0.05, 0) is 66.0 Å². The summed E-state index contributed by atoms with van der Waals surface area (Å²) >= 11 is 0. The molecule has 4 rings (SSSR count). The molecule has 0 aromatic heterocycles. The van der Waals surface area contributed by atoms with Gasteiger partial charge in [-0.25, -0.2) is 4.79 Å². The van der Waals surface area contributed by atoms with Crippen LogP contribution >= 0.6 is 0 Å². The van der Waals surface area contributed by atoms with E-state index in [0.29, 0.717) is 36.5 Å². The number of carbonyl (C=O) groups is 1. The molecule has 9 heteroatoms. The molecule has 1 saturated carbocycles. The van der Waals surface area contributed by atoms with Gasteiger partial charge in [0.25, 0.3) is 0 Å². The van der Waals surface area contributed by atoms with Crippen LogP contribution in [0.4, 0.5) is 18.0 Å². The first-order valence-electron chi connectivity index (χ1n) is 13.2. The molecule has 0 radical (unpaired) electrons. The average Bonchev–Trinajstić information content (AvgIpc) is 2.87. The summed E-state index contributed by atoms with van der Waals surface area (Å²) in [5.74, 6) is -0.0424. The molecule has 1 N–H and O–H groups in total. The van der Waals surface area contributed by atoms with Crippen molar-refractivity contribution in [2.45, 2.75) is 83.7 Å². The number of hydrogen-bond acceptors (Lipinski definition) is 5. The lowest BCUT2D eigenvalue weighted by Crippen LogP contribution is -2.52. The molecule has 0 spiro atoms. The van der Waals surface area contributed by atoms with Gasteiger partial charge in [0.1, 0.15) is 12.7 Å². The predicted octanol–water partition coefficient (Wildman–Crippen LogP) is 7.14. The minimum atomic E-state index is -4.41. The Balaban J connectivity index is 1.38. The van der Waals surface area contributed by atoms with Gasteiger partial charge in [-0.2, -0.15) is 13.2 Å². The third-order valence-electron chi connectivity index (χ3n) is 7.49. The zero-order valence-electron chi connectivity index (χ0n) is 21.9. The summed E-state index contributed by atoms with van der Waals surface area (Å²) in [6.45, 7) is 5.78. The van der Waals surface area contributed by atoms with Gasteiger partial charge < -0.3 is 14.7 Å². The fourth-order valence-corrected chi connectivity index (χ4v) is 5.41. The highest BCUT2D eigenvalue weighted by Gasteiger charge is 2.36. The second-order valence-corrected chi connectivity index (χ2v) is 10.2. The molecule has 38 heavy (non-hydrogen) atoms. The topological polar surface area (TPSA) is 71.4 Å². The van der Waals surface area contributed by atoms with E-state index in [1.165, 1.54) is 6.07 Å².